The maximum atomic E-state index is 12.8. The lowest BCUT2D eigenvalue weighted by atomic mass is 10.0. The van der Waals surface area contributed by atoms with Crippen LogP contribution in [0.4, 0.5) is 0 Å². The first-order chi connectivity index (χ1) is 16.4. The number of nitrogens with zero attached hydrogens (tertiary/aromatic N) is 1. The van der Waals surface area contributed by atoms with Crippen LogP contribution in [0.25, 0.3) is 10.3 Å². The number of carboxylic acid groups (broad SMARTS) is 1. The molecule has 0 aliphatic carbocycles. The number of hydrogen-bond donors (Lipinski definition) is 2. The van der Waals surface area contributed by atoms with Crippen LogP contribution in [-0.4, -0.2) is 45.0 Å². The quantitative estimate of drug-likeness (QED) is 0.351. The molecule has 0 saturated carbocycles. The Balaban J connectivity index is 1.29. The minimum absolute atomic E-state index is 0.0761. The van der Waals surface area contributed by atoms with Crippen LogP contribution in [0.5, 0.6) is 0 Å². The van der Waals surface area contributed by atoms with Crippen molar-refractivity contribution in [2.24, 2.45) is 0 Å². The van der Waals surface area contributed by atoms with Gasteiger partial charge in [-0.1, -0.05) is 17.8 Å². The highest BCUT2D eigenvalue weighted by molar-refractivity contribution is 8.04. The van der Waals surface area contributed by atoms with Crippen LogP contribution in [0.3, 0.4) is 0 Å². The number of aliphatic carboxylic acids is 1. The molecule has 1 saturated heterocycles. The predicted molar refractivity (Wildman–Crippen MR) is 133 cm³/mol. The first kappa shape index (κ1) is 23.0. The van der Waals surface area contributed by atoms with Crippen molar-refractivity contribution in [3.05, 3.63) is 73.8 Å². The van der Waals surface area contributed by atoms with Crippen LogP contribution in [-0.2, 0) is 20.8 Å². The van der Waals surface area contributed by atoms with Gasteiger partial charge in [-0.2, -0.15) is 0 Å². The Kier molecular flexibility index (Phi) is 6.38. The van der Waals surface area contributed by atoms with Crippen molar-refractivity contribution in [3.63, 3.8) is 0 Å². The van der Waals surface area contributed by atoms with Crippen LogP contribution in [0, 0.1) is 0 Å². The van der Waals surface area contributed by atoms with E-state index < -0.39 is 23.3 Å². The zero-order valence-electron chi connectivity index (χ0n) is 17.3. The highest BCUT2D eigenvalue weighted by Gasteiger charge is 2.53. The standard InChI is InChI=1S/C22H16N2O6S4/c25-13-9-16(34-14-3-5-30-19(13)14)32-7-4-11-10-33-21-17(20(27)24(21)18(11)22(28)29)23-15(26)8-12-2-1-6-31-12/h1-7,9,17,21H,8,10H2,(H,23,26)(H,28,29)/b7-4+/t17?,21-/m1/s1. The molecular weight excluding hydrogens is 517 g/mol. The molecule has 12 heteroatoms. The Morgan fingerprint density at radius 2 is 2.18 bits per heavy atom. The van der Waals surface area contributed by atoms with E-state index in [9.17, 15) is 24.3 Å². The number of carbonyl (C=O) groups excluding carboxylic acids is 2. The van der Waals surface area contributed by atoms with Gasteiger partial charge in [-0.3, -0.25) is 19.3 Å². The van der Waals surface area contributed by atoms with Gasteiger partial charge in [-0.25, -0.2) is 4.79 Å². The van der Waals surface area contributed by atoms with Gasteiger partial charge in [0.25, 0.3) is 5.91 Å². The van der Waals surface area contributed by atoms with Gasteiger partial charge in [0.1, 0.15) is 17.1 Å². The number of allylic oxidation sites excluding steroid dienone is 1. The monoisotopic (exact) mass is 532 g/mol. The average molecular weight is 533 g/mol. The second-order valence-corrected chi connectivity index (χ2v) is 11.8. The van der Waals surface area contributed by atoms with Crippen LogP contribution >= 0.6 is 46.2 Å². The van der Waals surface area contributed by atoms with Crippen molar-refractivity contribution in [2.45, 2.75) is 22.0 Å². The molecule has 0 aromatic carbocycles. The molecule has 1 fully saturated rings. The third-order valence-electron chi connectivity index (χ3n) is 5.20. The Labute approximate surface area is 209 Å². The minimum Gasteiger partial charge on any atom is -0.477 e. The van der Waals surface area contributed by atoms with E-state index in [-0.39, 0.29) is 23.5 Å². The van der Waals surface area contributed by atoms with Crippen LogP contribution in [0.15, 0.2) is 72.1 Å². The molecule has 2 aliphatic rings. The molecule has 5 heterocycles. The van der Waals surface area contributed by atoms with Crippen molar-refractivity contribution in [1.82, 2.24) is 10.2 Å². The van der Waals surface area contributed by atoms with E-state index in [0.29, 0.717) is 16.9 Å². The number of amides is 2. The normalized spacial score (nSPS) is 20.0. The van der Waals surface area contributed by atoms with Crippen molar-refractivity contribution in [1.29, 1.82) is 0 Å². The number of furan rings is 1. The van der Waals surface area contributed by atoms with E-state index in [4.69, 9.17) is 4.42 Å². The van der Waals surface area contributed by atoms with Gasteiger partial charge in [0.05, 0.1) is 21.6 Å². The van der Waals surface area contributed by atoms with Gasteiger partial charge in [-0.05, 0) is 34.6 Å². The summed E-state index contributed by atoms with van der Waals surface area (Å²) < 4.78 is 6.65. The molecule has 2 aliphatic heterocycles. The first-order valence-electron chi connectivity index (χ1n) is 10.00. The summed E-state index contributed by atoms with van der Waals surface area (Å²) in [6, 6.07) is 6.16. The fourth-order valence-electron chi connectivity index (χ4n) is 3.68. The fourth-order valence-corrected chi connectivity index (χ4v) is 7.62. The Bertz CT molecular complexity index is 1400. The smallest absolute Gasteiger partial charge is 0.352 e. The topological polar surface area (TPSA) is 117 Å². The fraction of sp³-hybridized carbons (Fsp3) is 0.182. The molecule has 5 rings (SSSR count). The summed E-state index contributed by atoms with van der Waals surface area (Å²) in [6.45, 7) is 0. The summed E-state index contributed by atoms with van der Waals surface area (Å²) in [6.07, 6.45) is 3.31. The number of rotatable bonds is 7. The van der Waals surface area contributed by atoms with Crippen molar-refractivity contribution in [3.8, 4) is 0 Å². The Morgan fingerprint density at radius 3 is 2.94 bits per heavy atom. The molecule has 8 nitrogen and oxygen atoms in total. The summed E-state index contributed by atoms with van der Waals surface area (Å²) >= 11 is 5.56. The van der Waals surface area contributed by atoms with E-state index >= 15 is 0 Å². The van der Waals surface area contributed by atoms with Gasteiger partial charge in [0.15, 0.2) is 5.58 Å². The second kappa shape index (κ2) is 9.45. The van der Waals surface area contributed by atoms with Crippen LogP contribution < -0.4 is 10.7 Å². The van der Waals surface area contributed by atoms with Gasteiger partial charge in [0.2, 0.25) is 11.3 Å². The van der Waals surface area contributed by atoms with E-state index in [0.717, 1.165) is 13.8 Å². The molecule has 174 valence electrons. The third kappa shape index (κ3) is 4.33. The Morgan fingerprint density at radius 1 is 1.32 bits per heavy atom. The molecule has 0 bridgehead atoms. The SMILES string of the molecule is O=C(Cc1cccs1)NC1C(=O)N2C(C(=O)O)=C(/C=C/Sc3cc(=O)c4occc4s3)CS[C@H]12. The average Bonchev–Trinajstić information content (AvgIpc) is 3.49. The van der Waals surface area contributed by atoms with Gasteiger partial charge in [-0.15, -0.1) is 34.4 Å². The molecule has 3 aromatic rings. The number of thioether (sulfide) groups is 2. The lowest BCUT2D eigenvalue weighted by molar-refractivity contribution is -0.150. The summed E-state index contributed by atoms with van der Waals surface area (Å²) in [5.41, 5.74) is 0.522. The van der Waals surface area contributed by atoms with Gasteiger partial charge in [0, 0.05) is 16.7 Å². The van der Waals surface area contributed by atoms with Gasteiger partial charge >= 0.3 is 5.97 Å². The summed E-state index contributed by atoms with van der Waals surface area (Å²) in [4.78, 5) is 51.3. The first-order valence-corrected chi connectivity index (χ1v) is 13.6. The van der Waals surface area contributed by atoms with Crippen LogP contribution in [0.2, 0.25) is 0 Å². The maximum Gasteiger partial charge on any atom is 0.352 e. The maximum absolute atomic E-state index is 12.8. The van der Waals surface area contributed by atoms with Crippen molar-refractivity contribution < 1.29 is 23.9 Å². The van der Waals surface area contributed by atoms with Crippen molar-refractivity contribution in [2.75, 3.05) is 5.75 Å². The van der Waals surface area contributed by atoms with E-state index in [2.05, 4.69) is 5.32 Å². The molecule has 2 amide bonds. The van der Waals surface area contributed by atoms with E-state index in [1.165, 1.54) is 63.4 Å². The number of thiophene rings is 1. The number of carboxylic acids is 1. The molecule has 1 unspecified atom stereocenters. The number of nitrogens with one attached hydrogen (secondary N) is 1. The molecule has 34 heavy (non-hydrogen) atoms. The van der Waals surface area contributed by atoms with Gasteiger partial charge < -0.3 is 14.8 Å². The number of hydrogen-bond acceptors (Lipinski definition) is 9. The zero-order valence-corrected chi connectivity index (χ0v) is 20.5. The molecular formula is C22H16N2O6S4. The summed E-state index contributed by atoms with van der Waals surface area (Å²) in [5, 5.41) is 15.7. The predicted octanol–water partition coefficient (Wildman–Crippen LogP) is 3.50. The highest BCUT2D eigenvalue weighted by Crippen LogP contribution is 2.41. The second-order valence-electron chi connectivity index (χ2n) is 7.35. The minimum atomic E-state index is -1.20. The molecule has 0 spiro atoms. The number of carbonyl (C=O) groups is 3. The van der Waals surface area contributed by atoms with Crippen molar-refractivity contribution >= 4 is 74.3 Å². The summed E-state index contributed by atoms with van der Waals surface area (Å²) in [7, 11) is 0. The molecule has 2 N–H and O–H groups in total. The number of fused-ring (bicyclic) bond motifs is 2. The lowest BCUT2D eigenvalue weighted by Crippen LogP contribution is -2.70. The highest BCUT2D eigenvalue weighted by atomic mass is 32.2. The Hall–Kier alpha value is -2.80. The number of β-lactam (4-membered cyclic amide) rings is 1. The zero-order chi connectivity index (χ0) is 23.8. The van der Waals surface area contributed by atoms with E-state index in [1.807, 2.05) is 17.5 Å². The van der Waals surface area contributed by atoms with Crippen LogP contribution in [0.1, 0.15) is 4.88 Å². The summed E-state index contributed by atoms with van der Waals surface area (Å²) in [5.74, 6) is -1.52. The molecule has 2 atom stereocenters. The lowest BCUT2D eigenvalue weighted by Gasteiger charge is -2.49. The third-order valence-corrected chi connectivity index (χ3v) is 9.40. The molecule has 3 aromatic heterocycles. The largest absolute Gasteiger partial charge is 0.477 e. The van der Waals surface area contributed by atoms with E-state index in [1.54, 1.807) is 17.6 Å². The molecule has 0 radical (unpaired) electrons.